The summed E-state index contributed by atoms with van der Waals surface area (Å²) in [5, 5.41) is 0. The van der Waals surface area contributed by atoms with Gasteiger partial charge in [0.15, 0.2) is 0 Å². The lowest BCUT2D eigenvalue weighted by atomic mass is 9.81. The van der Waals surface area contributed by atoms with Crippen LogP contribution in [0.3, 0.4) is 0 Å². The van der Waals surface area contributed by atoms with Crippen molar-refractivity contribution in [2.75, 3.05) is 6.61 Å². The minimum absolute atomic E-state index is 0.0648. The molecule has 2 atom stereocenters. The Morgan fingerprint density at radius 2 is 1.95 bits per heavy atom. The molecule has 0 aromatic rings. The van der Waals surface area contributed by atoms with E-state index in [1.807, 2.05) is 6.92 Å². The topological polar surface area (TPSA) is 35.5 Å². The van der Waals surface area contributed by atoms with Crippen molar-refractivity contribution in [3.05, 3.63) is 11.0 Å². The second-order valence-corrected chi connectivity index (χ2v) is 14.7. The lowest BCUT2D eigenvalue weighted by molar-refractivity contribution is 0.0415. The molecule has 0 aromatic heterocycles. The van der Waals surface area contributed by atoms with E-state index in [4.69, 9.17) is 9.05 Å². The second-order valence-electron chi connectivity index (χ2n) is 7.29. The second kappa shape index (κ2) is 5.48. The van der Waals surface area contributed by atoms with Crippen molar-refractivity contribution in [2.24, 2.45) is 11.3 Å². The van der Waals surface area contributed by atoms with E-state index < -0.39 is 15.7 Å². The lowest BCUT2D eigenvalue weighted by Gasteiger charge is -2.44. The predicted molar refractivity (Wildman–Crippen MR) is 84.2 cm³/mol. The first-order chi connectivity index (χ1) is 8.44. The van der Waals surface area contributed by atoms with Crippen LogP contribution in [0, 0.1) is 11.3 Å². The monoisotopic (exact) mass is 304 g/mol. The molecule has 0 N–H and O–H groups in total. The van der Waals surface area contributed by atoms with E-state index >= 15 is 0 Å². The molecule has 0 aromatic carbocycles. The molecule has 0 saturated carbocycles. The van der Waals surface area contributed by atoms with Gasteiger partial charge in [-0.1, -0.05) is 53.4 Å². The first-order valence-corrected chi connectivity index (χ1v) is 12.1. The van der Waals surface area contributed by atoms with Crippen LogP contribution in [-0.2, 0) is 13.6 Å². The molecule has 19 heavy (non-hydrogen) atoms. The average molecular weight is 304 g/mol. The van der Waals surface area contributed by atoms with Crippen LogP contribution >= 0.6 is 7.60 Å². The quantitative estimate of drug-likeness (QED) is 0.538. The maximum absolute atomic E-state index is 13.1. The van der Waals surface area contributed by atoms with Gasteiger partial charge in [0.1, 0.15) is 0 Å². The third kappa shape index (κ3) is 3.60. The van der Waals surface area contributed by atoms with Crippen molar-refractivity contribution in [2.45, 2.75) is 60.4 Å². The molecule has 5 heteroatoms. The van der Waals surface area contributed by atoms with E-state index in [0.29, 0.717) is 12.5 Å². The molecule has 0 fully saturated rings. The molecule has 0 aliphatic carbocycles. The van der Waals surface area contributed by atoms with Crippen molar-refractivity contribution >= 4 is 15.7 Å². The molecule has 3 nitrogen and oxygen atoms in total. The summed E-state index contributed by atoms with van der Waals surface area (Å²) in [6.07, 6.45) is 2.12. The van der Waals surface area contributed by atoms with E-state index in [1.54, 1.807) is 0 Å². The number of rotatable bonds is 4. The molecule has 1 heterocycles. The van der Waals surface area contributed by atoms with Crippen LogP contribution in [0.4, 0.5) is 0 Å². The summed E-state index contributed by atoms with van der Waals surface area (Å²) < 4.78 is 24.7. The largest absolute Gasteiger partial charge is 0.353 e. The highest BCUT2D eigenvalue weighted by Crippen LogP contribution is 2.65. The van der Waals surface area contributed by atoms with Crippen molar-refractivity contribution < 1.29 is 13.6 Å². The Hall–Kier alpha value is 0.107. The van der Waals surface area contributed by atoms with Crippen LogP contribution in [0.25, 0.3) is 0 Å². The summed E-state index contributed by atoms with van der Waals surface area (Å²) in [7, 11) is -4.85. The molecular weight excluding hydrogens is 275 g/mol. The Morgan fingerprint density at radius 3 is 2.32 bits per heavy atom. The van der Waals surface area contributed by atoms with Crippen molar-refractivity contribution in [1.82, 2.24) is 0 Å². The minimum atomic E-state index is -3.11. The van der Waals surface area contributed by atoms with Gasteiger partial charge in [-0.25, -0.2) is 0 Å². The molecule has 1 aliphatic heterocycles. The van der Waals surface area contributed by atoms with Gasteiger partial charge in [0.05, 0.1) is 20.8 Å². The maximum atomic E-state index is 13.1. The highest BCUT2D eigenvalue weighted by molar-refractivity contribution is 7.62. The zero-order chi connectivity index (χ0) is 15.1. The molecule has 0 spiro atoms. The molecule has 1 aliphatic rings. The van der Waals surface area contributed by atoms with Crippen LogP contribution < -0.4 is 0 Å². The summed E-state index contributed by atoms with van der Waals surface area (Å²) in [6, 6.07) is 0. The number of hydrogen-bond acceptors (Lipinski definition) is 3. The van der Waals surface area contributed by atoms with Gasteiger partial charge in [-0.2, -0.15) is 0 Å². The first kappa shape index (κ1) is 17.2. The number of hydrogen-bond donors (Lipinski definition) is 0. The van der Waals surface area contributed by atoms with Gasteiger partial charge < -0.3 is 9.05 Å². The van der Waals surface area contributed by atoms with Gasteiger partial charge >= 0.3 is 7.60 Å². The zero-order valence-electron chi connectivity index (χ0n) is 13.6. The van der Waals surface area contributed by atoms with E-state index in [0.717, 1.165) is 4.94 Å². The average Bonchev–Trinajstić information content (AvgIpc) is 2.20. The summed E-state index contributed by atoms with van der Waals surface area (Å²) in [6.45, 7) is 17.4. The molecule has 0 saturated heterocycles. The predicted octanol–water partition coefficient (Wildman–Crippen LogP) is 5.06. The Bertz CT molecular complexity index is 407. The van der Waals surface area contributed by atoms with Gasteiger partial charge in [-0.05, 0) is 12.8 Å². The Balaban J connectivity index is 3.36. The highest BCUT2D eigenvalue weighted by Gasteiger charge is 2.49. The highest BCUT2D eigenvalue weighted by atomic mass is 31.2. The molecule has 0 bridgehead atoms. The molecule has 2 unspecified atom stereocenters. The molecule has 1 rings (SSSR count). The van der Waals surface area contributed by atoms with Gasteiger partial charge in [-0.3, -0.25) is 4.57 Å². The van der Waals surface area contributed by atoms with E-state index in [2.05, 4.69) is 53.4 Å². The standard InChI is InChI=1S/C14H29O3PSi/c1-9-16-18(15)12(19(6,7)8)10-14(4,5)13(17-18)11(2)3/h10-11,13H,9H2,1-8H3. The van der Waals surface area contributed by atoms with Crippen molar-refractivity contribution in [3.63, 3.8) is 0 Å². The van der Waals surface area contributed by atoms with Crippen LogP contribution in [0.15, 0.2) is 11.0 Å². The zero-order valence-corrected chi connectivity index (χ0v) is 15.5. The summed E-state index contributed by atoms with van der Waals surface area (Å²) >= 11 is 0. The maximum Gasteiger partial charge on any atom is 0.353 e. The Kier molecular flexibility index (Phi) is 4.95. The van der Waals surface area contributed by atoms with Crippen LogP contribution in [-0.4, -0.2) is 20.8 Å². The fourth-order valence-corrected chi connectivity index (χ4v) is 9.14. The minimum Gasteiger partial charge on any atom is -0.306 e. The SMILES string of the molecule is CCOP1(=O)OC(C(C)C)C(C)(C)C=C1[Si](C)(C)C. The normalized spacial score (nSPS) is 31.4. The molecular formula is C14H29O3PSi. The molecule has 0 radical (unpaired) electrons. The van der Waals surface area contributed by atoms with Gasteiger partial charge in [0, 0.05) is 10.4 Å². The summed E-state index contributed by atoms with van der Waals surface area (Å²) in [5.74, 6) is 0.309. The molecule has 0 amide bonds. The Morgan fingerprint density at radius 1 is 1.42 bits per heavy atom. The third-order valence-electron chi connectivity index (χ3n) is 3.46. The fraction of sp³-hybridized carbons (Fsp3) is 0.857. The molecule has 112 valence electrons. The summed E-state index contributed by atoms with van der Waals surface area (Å²) in [4.78, 5) is 0.948. The van der Waals surface area contributed by atoms with Crippen LogP contribution in [0.5, 0.6) is 0 Å². The summed E-state index contributed by atoms with van der Waals surface area (Å²) in [5.41, 5.74) is -0.102. The van der Waals surface area contributed by atoms with Gasteiger partial charge in [-0.15, -0.1) is 0 Å². The smallest absolute Gasteiger partial charge is 0.306 e. The lowest BCUT2D eigenvalue weighted by Crippen LogP contribution is -2.41. The van der Waals surface area contributed by atoms with Gasteiger partial charge in [0.25, 0.3) is 0 Å². The van der Waals surface area contributed by atoms with Gasteiger partial charge in [0.2, 0.25) is 0 Å². The van der Waals surface area contributed by atoms with Crippen molar-refractivity contribution in [3.8, 4) is 0 Å². The van der Waals surface area contributed by atoms with E-state index in [-0.39, 0.29) is 11.5 Å². The Labute approximate surface area is 119 Å². The third-order valence-corrected chi connectivity index (χ3v) is 9.80. The van der Waals surface area contributed by atoms with E-state index in [9.17, 15) is 4.57 Å². The van der Waals surface area contributed by atoms with Crippen LogP contribution in [0.1, 0.15) is 34.6 Å². The van der Waals surface area contributed by atoms with Crippen LogP contribution in [0.2, 0.25) is 19.6 Å². The van der Waals surface area contributed by atoms with E-state index in [1.165, 1.54) is 0 Å². The van der Waals surface area contributed by atoms with Crippen molar-refractivity contribution in [1.29, 1.82) is 0 Å². The fourth-order valence-electron chi connectivity index (χ4n) is 2.73. The first-order valence-electron chi connectivity index (χ1n) is 7.11.